The molecule has 0 saturated heterocycles. The molecule has 196 valence electrons. The van der Waals surface area contributed by atoms with Crippen LogP contribution in [0.5, 0.6) is 5.75 Å². The first-order valence-corrected chi connectivity index (χ1v) is 13.0. The third kappa shape index (κ3) is 5.94. The summed E-state index contributed by atoms with van der Waals surface area (Å²) in [7, 11) is 0. The molecule has 0 radical (unpaired) electrons. The van der Waals surface area contributed by atoms with Crippen LogP contribution in [0, 0.1) is 11.7 Å². The fraction of sp³-hybridized carbons (Fsp3) is 0.290. The van der Waals surface area contributed by atoms with E-state index in [-0.39, 0.29) is 30.1 Å². The lowest BCUT2D eigenvalue weighted by atomic mass is 9.87. The molecule has 1 aromatic heterocycles. The second kappa shape index (κ2) is 11.6. The Hall–Kier alpha value is -3.97. The molecule has 4 aromatic rings. The molecule has 0 fully saturated rings. The molecule has 1 aliphatic heterocycles. The van der Waals surface area contributed by atoms with Crippen molar-refractivity contribution in [2.24, 2.45) is 5.92 Å². The van der Waals surface area contributed by atoms with Crippen LogP contribution in [0.3, 0.4) is 0 Å². The number of hydrogen-bond acceptors (Lipinski definition) is 5. The van der Waals surface area contributed by atoms with Gasteiger partial charge in [-0.2, -0.15) is 0 Å². The molecule has 0 unspecified atom stereocenters. The normalized spacial score (nSPS) is 15.3. The molecule has 1 atom stereocenters. The van der Waals surface area contributed by atoms with Gasteiger partial charge in [0.15, 0.2) is 12.3 Å². The molecule has 1 amide bonds. The van der Waals surface area contributed by atoms with Gasteiger partial charge in [0.1, 0.15) is 17.8 Å². The van der Waals surface area contributed by atoms with Crippen LogP contribution in [0.1, 0.15) is 58.5 Å². The Morgan fingerprint density at radius 1 is 1.13 bits per heavy atom. The number of aromatic nitrogens is 1. The third-order valence-corrected chi connectivity index (χ3v) is 6.71. The maximum absolute atomic E-state index is 14.5. The molecular weight excluding hydrogens is 481 g/mol. The first-order valence-electron chi connectivity index (χ1n) is 13.0. The van der Waals surface area contributed by atoms with Crippen LogP contribution in [-0.4, -0.2) is 28.9 Å². The van der Waals surface area contributed by atoms with E-state index >= 15 is 0 Å². The summed E-state index contributed by atoms with van der Waals surface area (Å²) in [5.74, 6) is 0.910. The summed E-state index contributed by atoms with van der Waals surface area (Å²) in [6, 6.07) is 23.3. The molecule has 7 heteroatoms. The zero-order chi connectivity index (χ0) is 26.5. The van der Waals surface area contributed by atoms with Gasteiger partial charge >= 0.3 is 0 Å². The lowest BCUT2D eigenvalue weighted by molar-refractivity contribution is 0.0944. The number of halogens is 1. The number of rotatable bonds is 9. The van der Waals surface area contributed by atoms with Crippen molar-refractivity contribution in [3.63, 3.8) is 0 Å². The van der Waals surface area contributed by atoms with Crippen molar-refractivity contribution < 1.29 is 18.3 Å². The Morgan fingerprint density at radius 3 is 2.71 bits per heavy atom. The second-order valence-corrected chi connectivity index (χ2v) is 10.0. The van der Waals surface area contributed by atoms with Gasteiger partial charge in [-0.1, -0.05) is 68.4 Å². The maximum Gasteiger partial charge on any atom is 0.273 e. The molecule has 1 N–H and O–H groups in total. The fourth-order valence-corrected chi connectivity index (χ4v) is 4.79. The van der Waals surface area contributed by atoms with Gasteiger partial charge in [0, 0.05) is 25.2 Å². The van der Waals surface area contributed by atoms with E-state index in [1.54, 1.807) is 6.07 Å². The average molecular weight is 514 g/mol. The van der Waals surface area contributed by atoms with Crippen LogP contribution < -0.4 is 10.1 Å². The lowest BCUT2D eigenvalue weighted by Gasteiger charge is -2.38. The second-order valence-electron chi connectivity index (χ2n) is 10.0. The first kappa shape index (κ1) is 25.7. The highest BCUT2D eigenvalue weighted by molar-refractivity contribution is 5.91. The van der Waals surface area contributed by atoms with Crippen molar-refractivity contribution in [1.29, 1.82) is 0 Å². The molecule has 0 saturated carbocycles. The Bertz CT molecular complexity index is 1390. The number of fused-ring (bicyclic) bond motifs is 1. The van der Waals surface area contributed by atoms with Gasteiger partial charge in [0.25, 0.3) is 5.91 Å². The molecule has 38 heavy (non-hydrogen) atoms. The van der Waals surface area contributed by atoms with Gasteiger partial charge in [-0.05, 0) is 47.2 Å². The highest BCUT2D eigenvalue weighted by Gasteiger charge is 2.29. The standard InChI is InChI=1S/C31H32FN3O3/c1-21(2)17-33-31(36)28-19-38-29(34-28)20-37-25-13-12-22-14-15-35(18-24-10-6-7-11-27(24)32)30(26(22)16-25)23-8-4-3-5-9-23/h3-13,16,19,21,30H,14-15,17-18,20H2,1-2H3,(H,33,36)/t30-/m1/s1. The van der Waals surface area contributed by atoms with E-state index in [0.717, 1.165) is 24.1 Å². The largest absolute Gasteiger partial charge is 0.484 e. The van der Waals surface area contributed by atoms with Gasteiger partial charge < -0.3 is 14.5 Å². The van der Waals surface area contributed by atoms with Crippen molar-refractivity contribution in [2.75, 3.05) is 13.1 Å². The maximum atomic E-state index is 14.5. The Labute approximate surface area is 222 Å². The fourth-order valence-electron chi connectivity index (χ4n) is 4.79. The Kier molecular flexibility index (Phi) is 7.84. The Morgan fingerprint density at radius 2 is 1.92 bits per heavy atom. The van der Waals surface area contributed by atoms with Crippen LogP contribution >= 0.6 is 0 Å². The summed E-state index contributed by atoms with van der Waals surface area (Å²) < 4.78 is 26.1. The van der Waals surface area contributed by atoms with E-state index in [4.69, 9.17) is 9.15 Å². The molecule has 0 bridgehead atoms. The minimum absolute atomic E-state index is 0.0406. The van der Waals surface area contributed by atoms with E-state index < -0.39 is 0 Å². The first-order chi connectivity index (χ1) is 18.5. The molecule has 6 nitrogen and oxygen atoms in total. The van der Waals surface area contributed by atoms with Crippen LogP contribution in [-0.2, 0) is 19.6 Å². The number of nitrogens with zero attached hydrogens (tertiary/aromatic N) is 2. The molecule has 1 aliphatic rings. The van der Waals surface area contributed by atoms with E-state index in [2.05, 4.69) is 39.5 Å². The van der Waals surface area contributed by atoms with Crippen molar-refractivity contribution in [1.82, 2.24) is 15.2 Å². The number of amides is 1. The van der Waals surface area contributed by atoms with Crippen LogP contribution in [0.15, 0.2) is 83.5 Å². The number of carbonyl (C=O) groups excluding carboxylic acids is 1. The van der Waals surface area contributed by atoms with E-state index in [1.807, 2.05) is 50.2 Å². The summed E-state index contributed by atoms with van der Waals surface area (Å²) in [4.78, 5) is 18.8. The number of hydrogen-bond donors (Lipinski definition) is 1. The molecular formula is C31H32FN3O3. The number of ether oxygens (including phenoxy) is 1. The monoisotopic (exact) mass is 513 g/mol. The molecule has 3 aromatic carbocycles. The summed E-state index contributed by atoms with van der Waals surface area (Å²) in [5, 5.41) is 2.83. The van der Waals surface area contributed by atoms with Gasteiger partial charge in [-0.3, -0.25) is 9.69 Å². The zero-order valence-corrected chi connectivity index (χ0v) is 21.7. The van der Waals surface area contributed by atoms with E-state index in [0.29, 0.717) is 36.2 Å². The van der Waals surface area contributed by atoms with Gasteiger partial charge in [-0.15, -0.1) is 0 Å². The average Bonchev–Trinajstić information content (AvgIpc) is 3.41. The number of benzene rings is 3. The number of carbonyl (C=O) groups is 1. The van der Waals surface area contributed by atoms with Gasteiger partial charge in [0.05, 0.1) is 6.04 Å². The summed E-state index contributed by atoms with van der Waals surface area (Å²) in [6.45, 7) is 6.06. The zero-order valence-electron chi connectivity index (χ0n) is 21.7. The third-order valence-electron chi connectivity index (χ3n) is 6.71. The molecule has 0 spiro atoms. The summed E-state index contributed by atoms with van der Waals surface area (Å²) >= 11 is 0. The van der Waals surface area contributed by atoms with Crippen LogP contribution in [0.25, 0.3) is 0 Å². The summed E-state index contributed by atoms with van der Waals surface area (Å²) in [6.07, 6.45) is 2.22. The predicted octanol–water partition coefficient (Wildman–Crippen LogP) is 5.93. The minimum Gasteiger partial charge on any atom is -0.484 e. The van der Waals surface area contributed by atoms with E-state index in [9.17, 15) is 9.18 Å². The topological polar surface area (TPSA) is 67.6 Å². The molecule has 5 rings (SSSR count). The molecule has 0 aliphatic carbocycles. The van der Waals surface area contributed by atoms with Crippen molar-refractivity contribution in [2.45, 2.75) is 39.5 Å². The quantitative estimate of drug-likeness (QED) is 0.301. The van der Waals surface area contributed by atoms with Crippen LogP contribution in [0.4, 0.5) is 4.39 Å². The smallest absolute Gasteiger partial charge is 0.273 e. The highest BCUT2D eigenvalue weighted by Crippen LogP contribution is 2.38. The van der Waals surface area contributed by atoms with E-state index in [1.165, 1.54) is 17.9 Å². The van der Waals surface area contributed by atoms with Gasteiger partial charge in [0.2, 0.25) is 5.89 Å². The lowest BCUT2D eigenvalue weighted by Crippen LogP contribution is -2.36. The number of nitrogens with one attached hydrogen (secondary N) is 1. The SMILES string of the molecule is CC(C)CNC(=O)c1coc(COc2ccc3c(c2)[C@@H](c2ccccc2)N(Cc2ccccc2F)CC3)n1. The minimum atomic E-state index is -0.261. The van der Waals surface area contributed by atoms with Crippen molar-refractivity contribution in [3.05, 3.63) is 119 Å². The van der Waals surface area contributed by atoms with Crippen molar-refractivity contribution >= 4 is 5.91 Å². The molecule has 2 heterocycles. The van der Waals surface area contributed by atoms with Crippen LogP contribution in [0.2, 0.25) is 0 Å². The van der Waals surface area contributed by atoms with Crippen molar-refractivity contribution in [3.8, 4) is 5.75 Å². The number of oxazole rings is 1. The predicted molar refractivity (Wildman–Crippen MR) is 143 cm³/mol. The summed E-state index contributed by atoms with van der Waals surface area (Å²) in [5.41, 5.74) is 4.45. The van der Waals surface area contributed by atoms with Gasteiger partial charge in [-0.25, -0.2) is 9.37 Å². The highest BCUT2D eigenvalue weighted by atomic mass is 19.1. The Balaban J connectivity index is 1.35.